The van der Waals surface area contributed by atoms with Gasteiger partial charge in [-0.15, -0.1) is 0 Å². The number of carbonyl (C=O) groups is 1. The smallest absolute Gasteiger partial charge is 0.303 e. The molecule has 0 aromatic heterocycles. The second kappa shape index (κ2) is 14.0. The lowest BCUT2D eigenvalue weighted by atomic mass is 10.1. The Morgan fingerprint density at radius 1 is 0.889 bits per heavy atom. The van der Waals surface area contributed by atoms with Crippen molar-refractivity contribution in [1.82, 2.24) is 0 Å². The molecule has 0 aromatic carbocycles. The molecule has 2 nitrogen and oxygen atoms in total. The summed E-state index contributed by atoms with van der Waals surface area (Å²) in [7, 11) is 0. The lowest BCUT2D eigenvalue weighted by Gasteiger charge is -2.00. The Morgan fingerprint density at radius 2 is 1.44 bits per heavy atom. The van der Waals surface area contributed by atoms with Gasteiger partial charge in [0.05, 0.1) is 0 Å². The van der Waals surface area contributed by atoms with Crippen molar-refractivity contribution >= 4 is 5.97 Å². The number of unbranched alkanes of at least 4 members (excludes halogenated alkanes) is 8. The summed E-state index contributed by atoms with van der Waals surface area (Å²) in [6.07, 6.45) is 19.5. The van der Waals surface area contributed by atoms with Gasteiger partial charge in [-0.1, -0.05) is 62.8 Å². The minimum atomic E-state index is -0.666. The molecular formula is C16H28O2. The number of carboxylic acids is 1. The van der Waals surface area contributed by atoms with Crippen LogP contribution >= 0.6 is 0 Å². The summed E-state index contributed by atoms with van der Waals surface area (Å²) in [6.45, 7) is 2.03. The van der Waals surface area contributed by atoms with Crippen LogP contribution in [0.2, 0.25) is 0 Å². The third-order valence-corrected chi connectivity index (χ3v) is 2.95. The summed E-state index contributed by atoms with van der Waals surface area (Å²) in [4.78, 5) is 10.3. The van der Waals surface area contributed by atoms with E-state index in [1.807, 2.05) is 13.0 Å². The third-order valence-electron chi connectivity index (χ3n) is 2.95. The van der Waals surface area contributed by atoms with E-state index in [2.05, 4.69) is 18.2 Å². The van der Waals surface area contributed by atoms with E-state index in [0.29, 0.717) is 6.42 Å². The largest absolute Gasteiger partial charge is 0.481 e. The van der Waals surface area contributed by atoms with Crippen molar-refractivity contribution < 1.29 is 9.90 Å². The van der Waals surface area contributed by atoms with Gasteiger partial charge in [-0.25, -0.2) is 0 Å². The van der Waals surface area contributed by atoms with Gasteiger partial charge < -0.3 is 5.11 Å². The molecule has 104 valence electrons. The standard InChI is InChI=1S/C16H28O2/c1-2-3-4-5-6-7-8-9-10-11-12-13-14-15-16(17)18/h2-5H,6-15H2,1H3,(H,17,18)/b3-2+,5-4+. The number of hydrogen-bond acceptors (Lipinski definition) is 1. The number of aliphatic carboxylic acids is 1. The van der Waals surface area contributed by atoms with Gasteiger partial charge in [-0.3, -0.25) is 4.79 Å². The van der Waals surface area contributed by atoms with Crippen LogP contribution in [-0.4, -0.2) is 11.1 Å². The van der Waals surface area contributed by atoms with Crippen LogP contribution in [-0.2, 0) is 4.79 Å². The first-order valence-electron chi connectivity index (χ1n) is 7.27. The SMILES string of the molecule is C/C=C/C=C/CCCCCCCCCCC(=O)O. The van der Waals surface area contributed by atoms with Crippen LogP contribution in [0.15, 0.2) is 24.3 Å². The van der Waals surface area contributed by atoms with Crippen molar-refractivity contribution in [2.24, 2.45) is 0 Å². The molecule has 0 radical (unpaired) electrons. The average Bonchev–Trinajstić information content (AvgIpc) is 2.34. The van der Waals surface area contributed by atoms with E-state index in [0.717, 1.165) is 12.8 Å². The van der Waals surface area contributed by atoms with Crippen molar-refractivity contribution in [3.63, 3.8) is 0 Å². The van der Waals surface area contributed by atoms with Gasteiger partial charge in [-0.2, -0.15) is 0 Å². The van der Waals surface area contributed by atoms with Crippen LogP contribution in [0.3, 0.4) is 0 Å². The second-order valence-electron chi connectivity index (χ2n) is 4.71. The molecule has 0 bridgehead atoms. The van der Waals surface area contributed by atoms with Crippen LogP contribution in [0.25, 0.3) is 0 Å². The fourth-order valence-corrected chi connectivity index (χ4v) is 1.88. The van der Waals surface area contributed by atoms with Crippen molar-refractivity contribution in [3.05, 3.63) is 24.3 Å². The summed E-state index contributed by atoms with van der Waals surface area (Å²) in [5, 5.41) is 8.48. The molecule has 1 N–H and O–H groups in total. The highest BCUT2D eigenvalue weighted by Gasteiger charge is 1.96. The first-order valence-corrected chi connectivity index (χ1v) is 7.27. The highest BCUT2D eigenvalue weighted by Crippen LogP contribution is 2.10. The molecule has 0 unspecified atom stereocenters. The molecule has 2 heteroatoms. The Balaban J connectivity index is 3.05. The maximum absolute atomic E-state index is 10.3. The normalized spacial score (nSPS) is 11.6. The molecule has 18 heavy (non-hydrogen) atoms. The van der Waals surface area contributed by atoms with E-state index < -0.39 is 5.97 Å². The fraction of sp³-hybridized carbons (Fsp3) is 0.688. The molecule has 0 atom stereocenters. The molecular weight excluding hydrogens is 224 g/mol. The molecule has 0 saturated carbocycles. The summed E-state index contributed by atoms with van der Waals surface area (Å²) in [5.74, 6) is -0.666. The van der Waals surface area contributed by atoms with Gasteiger partial charge in [0.15, 0.2) is 0 Å². The zero-order valence-electron chi connectivity index (χ0n) is 11.7. The maximum atomic E-state index is 10.3. The Morgan fingerprint density at radius 3 is 2.00 bits per heavy atom. The number of rotatable bonds is 12. The molecule has 0 fully saturated rings. The molecule has 0 aliphatic carbocycles. The molecule has 0 heterocycles. The predicted octanol–water partition coefficient (Wildman–Crippen LogP) is 5.10. The Hall–Kier alpha value is -1.05. The van der Waals surface area contributed by atoms with Gasteiger partial charge >= 0.3 is 5.97 Å². The van der Waals surface area contributed by atoms with Gasteiger partial charge in [0.2, 0.25) is 0 Å². The molecule has 0 saturated heterocycles. The van der Waals surface area contributed by atoms with Crippen LogP contribution in [0.5, 0.6) is 0 Å². The first kappa shape index (κ1) is 16.9. The quantitative estimate of drug-likeness (QED) is 0.387. The van der Waals surface area contributed by atoms with Crippen LogP contribution in [0.4, 0.5) is 0 Å². The molecule has 0 spiro atoms. The Kier molecular flexibility index (Phi) is 13.2. The highest BCUT2D eigenvalue weighted by molar-refractivity contribution is 5.66. The zero-order chi connectivity index (χ0) is 13.5. The predicted molar refractivity (Wildman–Crippen MR) is 77.8 cm³/mol. The van der Waals surface area contributed by atoms with Crippen LogP contribution < -0.4 is 0 Å². The summed E-state index contributed by atoms with van der Waals surface area (Å²) in [6, 6.07) is 0. The summed E-state index contributed by atoms with van der Waals surface area (Å²) >= 11 is 0. The lowest BCUT2D eigenvalue weighted by molar-refractivity contribution is -0.137. The third kappa shape index (κ3) is 14.9. The number of hydrogen-bond donors (Lipinski definition) is 1. The van der Waals surface area contributed by atoms with Crippen molar-refractivity contribution in [2.45, 2.75) is 71.1 Å². The summed E-state index contributed by atoms with van der Waals surface area (Å²) in [5.41, 5.74) is 0. The highest BCUT2D eigenvalue weighted by atomic mass is 16.4. The lowest BCUT2D eigenvalue weighted by Crippen LogP contribution is -1.93. The van der Waals surface area contributed by atoms with Gasteiger partial charge in [-0.05, 0) is 26.2 Å². The van der Waals surface area contributed by atoms with Crippen molar-refractivity contribution in [1.29, 1.82) is 0 Å². The Labute approximate surface area is 112 Å². The monoisotopic (exact) mass is 252 g/mol. The second-order valence-corrected chi connectivity index (χ2v) is 4.71. The van der Waals surface area contributed by atoms with Crippen molar-refractivity contribution in [3.8, 4) is 0 Å². The maximum Gasteiger partial charge on any atom is 0.303 e. The zero-order valence-corrected chi connectivity index (χ0v) is 11.7. The van der Waals surface area contributed by atoms with Crippen LogP contribution in [0, 0.1) is 0 Å². The average molecular weight is 252 g/mol. The number of carboxylic acid groups (broad SMARTS) is 1. The molecule has 0 aliphatic rings. The van der Waals surface area contributed by atoms with E-state index in [1.165, 1.54) is 44.9 Å². The van der Waals surface area contributed by atoms with E-state index in [-0.39, 0.29) is 0 Å². The topological polar surface area (TPSA) is 37.3 Å². The minimum absolute atomic E-state index is 0.332. The fourth-order valence-electron chi connectivity index (χ4n) is 1.88. The summed E-state index contributed by atoms with van der Waals surface area (Å²) < 4.78 is 0. The van der Waals surface area contributed by atoms with Crippen molar-refractivity contribution in [2.75, 3.05) is 0 Å². The Bertz CT molecular complexity index is 241. The molecule has 0 aliphatic heterocycles. The van der Waals surface area contributed by atoms with Gasteiger partial charge in [0.25, 0.3) is 0 Å². The molecule has 0 amide bonds. The first-order chi connectivity index (χ1) is 8.77. The molecule has 0 rings (SSSR count). The van der Waals surface area contributed by atoms with E-state index in [9.17, 15) is 4.79 Å². The van der Waals surface area contributed by atoms with Gasteiger partial charge in [0, 0.05) is 6.42 Å². The molecule has 0 aromatic rings. The number of allylic oxidation sites excluding steroid dienone is 4. The van der Waals surface area contributed by atoms with E-state index >= 15 is 0 Å². The van der Waals surface area contributed by atoms with Gasteiger partial charge in [0.1, 0.15) is 0 Å². The van der Waals surface area contributed by atoms with E-state index in [1.54, 1.807) is 0 Å². The minimum Gasteiger partial charge on any atom is -0.481 e. The van der Waals surface area contributed by atoms with Crippen LogP contribution in [0.1, 0.15) is 71.1 Å². The van der Waals surface area contributed by atoms with E-state index in [4.69, 9.17) is 5.11 Å².